The SMILES string of the molecule is CC1=NN(c2ccc(Br)cc2)C(=O)/C1=C/c1c(C)[nH]n(-c2ccc(C)cc2)c1=O. The zero-order chi connectivity index (χ0) is 20.7. The molecule has 6 nitrogen and oxygen atoms in total. The molecule has 0 saturated carbocycles. The van der Waals surface area contributed by atoms with Gasteiger partial charge in [0, 0.05) is 10.2 Å². The third-order valence-electron chi connectivity index (χ3n) is 4.83. The van der Waals surface area contributed by atoms with Crippen molar-refractivity contribution >= 4 is 39.3 Å². The van der Waals surface area contributed by atoms with Crippen molar-refractivity contribution in [1.82, 2.24) is 9.78 Å². The van der Waals surface area contributed by atoms with Gasteiger partial charge in [0.1, 0.15) is 0 Å². The largest absolute Gasteiger partial charge is 0.295 e. The average Bonchev–Trinajstić information content (AvgIpc) is 3.14. The smallest absolute Gasteiger partial charge is 0.280 e. The van der Waals surface area contributed by atoms with E-state index in [0.29, 0.717) is 28.2 Å². The van der Waals surface area contributed by atoms with Crippen LogP contribution in [0, 0.1) is 13.8 Å². The maximum Gasteiger partial charge on any atom is 0.280 e. The number of halogens is 1. The Labute approximate surface area is 176 Å². The van der Waals surface area contributed by atoms with Crippen LogP contribution >= 0.6 is 15.9 Å². The number of nitrogens with one attached hydrogen (secondary N) is 1. The average molecular weight is 451 g/mol. The molecule has 29 heavy (non-hydrogen) atoms. The molecule has 1 amide bonds. The van der Waals surface area contributed by atoms with E-state index in [-0.39, 0.29) is 11.5 Å². The quantitative estimate of drug-likeness (QED) is 0.602. The maximum atomic E-state index is 13.0. The second-order valence-corrected chi connectivity index (χ2v) is 7.88. The minimum absolute atomic E-state index is 0.207. The zero-order valence-corrected chi connectivity index (χ0v) is 17.8. The molecule has 0 unspecified atom stereocenters. The summed E-state index contributed by atoms with van der Waals surface area (Å²) in [4.78, 5) is 25.9. The molecule has 146 valence electrons. The van der Waals surface area contributed by atoms with Crippen LogP contribution in [0.2, 0.25) is 0 Å². The molecule has 1 aliphatic rings. The Morgan fingerprint density at radius 1 is 0.931 bits per heavy atom. The van der Waals surface area contributed by atoms with Crippen molar-refractivity contribution in [2.24, 2.45) is 5.10 Å². The minimum Gasteiger partial charge on any atom is -0.295 e. The van der Waals surface area contributed by atoms with Crippen LogP contribution < -0.4 is 10.6 Å². The fourth-order valence-electron chi connectivity index (χ4n) is 3.19. The Kier molecular flexibility index (Phi) is 4.84. The summed E-state index contributed by atoms with van der Waals surface area (Å²) in [7, 11) is 0. The number of hydrogen-bond donors (Lipinski definition) is 1. The van der Waals surface area contributed by atoms with Crippen molar-refractivity contribution in [2.45, 2.75) is 20.8 Å². The Bertz CT molecular complexity index is 1220. The second-order valence-electron chi connectivity index (χ2n) is 6.96. The van der Waals surface area contributed by atoms with Crippen LogP contribution in [0.15, 0.2) is 68.5 Å². The van der Waals surface area contributed by atoms with Crippen LogP contribution in [0.1, 0.15) is 23.7 Å². The molecule has 0 atom stereocenters. The van der Waals surface area contributed by atoms with Crippen LogP contribution in [0.25, 0.3) is 11.8 Å². The van der Waals surface area contributed by atoms with Crippen LogP contribution in [0.5, 0.6) is 0 Å². The van der Waals surface area contributed by atoms with Gasteiger partial charge < -0.3 is 0 Å². The van der Waals surface area contributed by atoms with Crippen LogP contribution in [0.3, 0.4) is 0 Å². The molecule has 0 radical (unpaired) electrons. The van der Waals surface area contributed by atoms with Crippen molar-refractivity contribution in [1.29, 1.82) is 0 Å². The number of carbonyl (C=O) groups is 1. The van der Waals surface area contributed by atoms with Crippen molar-refractivity contribution < 1.29 is 4.79 Å². The van der Waals surface area contributed by atoms with Crippen LogP contribution in [-0.2, 0) is 4.79 Å². The molecule has 0 bridgehead atoms. The van der Waals surface area contributed by atoms with Crippen LogP contribution in [-0.4, -0.2) is 21.4 Å². The first-order valence-corrected chi connectivity index (χ1v) is 9.90. The van der Waals surface area contributed by atoms with E-state index in [4.69, 9.17) is 0 Å². The van der Waals surface area contributed by atoms with E-state index in [1.165, 1.54) is 9.69 Å². The topological polar surface area (TPSA) is 70.5 Å². The second kappa shape index (κ2) is 7.33. The zero-order valence-electron chi connectivity index (χ0n) is 16.2. The summed E-state index contributed by atoms with van der Waals surface area (Å²) in [6.45, 7) is 5.58. The number of aromatic nitrogens is 2. The monoisotopic (exact) mass is 450 g/mol. The van der Waals surface area contributed by atoms with E-state index >= 15 is 0 Å². The first-order chi connectivity index (χ1) is 13.8. The first kappa shape index (κ1) is 19.1. The summed E-state index contributed by atoms with van der Waals surface area (Å²) < 4.78 is 2.41. The van der Waals surface area contributed by atoms with E-state index in [1.54, 1.807) is 13.0 Å². The highest BCUT2D eigenvalue weighted by Gasteiger charge is 2.29. The molecule has 1 aliphatic heterocycles. The van der Waals surface area contributed by atoms with Gasteiger partial charge in [-0.1, -0.05) is 33.6 Å². The lowest BCUT2D eigenvalue weighted by Crippen LogP contribution is -2.21. The number of carbonyl (C=O) groups excluding carboxylic acids is 1. The molecule has 1 aromatic heterocycles. The fraction of sp³-hybridized carbons (Fsp3) is 0.136. The van der Waals surface area contributed by atoms with Gasteiger partial charge in [-0.25, -0.2) is 4.68 Å². The number of benzene rings is 2. The molecular weight excluding hydrogens is 432 g/mol. The Balaban J connectivity index is 1.72. The standard InChI is InChI=1S/C22H19BrN4O2/c1-13-4-8-17(9-5-13)26-21(28)19(14(2)24-26)12-20-15(3)25-27(22(20)29)18-10-6-16(23)7-11-18/h4-12,24H,1-3H3/b20-12+. The van der Waals surface area contributed by atoms with Gasteiger partial charge in [-0.3, -0.25) is 14.7 Å². The predicted octanol–water partition coefficient (Wildman–Crippen LogP) is 4.35. The number of rotatable bonds is 3. The van der Waals surface area contributed by atoms with Gasteiger partial charge in [-0.2, -0.15) is 10.1 Å². The molecule has 4 rings (SSSR count). The van der Waals surface area contributed by atoms with Gasteiger partial charge >= 0.3 is 0 Å². The maximum absolute atomic E-state index is 13.0. The molecule has 3 aromatic rings. The van der Waals surface area contributed by atoms with Gasteiger partial charge in [0.25, 0.3) is 11.5 Å². The fourth-order valence-corrected chi connectivity index (χ4v) is 3.46. The molecule has 7 heteroatoms. The van der Waals surface area contributed by atoms with E-state index in [1.807, 2.05) is 62.4 Å². The number of amides is 1. The van der Waals surface area contributed by atoms with Gasteiger partial charge in [0.15, 0.2) is 0 Å². The molecule has 1 N–H and O–H groups in total. The molecule has 0 aliphatic carbocycles. The first-order valence-electron chi connectivity index (χ1n) is 9.11. The Hall–Kier alpha value is -3.19. The normalized spacial score (nSPS) is 15.3. The molecule has 0 fully saturated rings. The van der Waals surface area contributed by atoms with Gasteiger partial charge in [-0.05, 0) is 63.2 Å². The van der Waals surface area contributed by atoms with Gasteiger partial charge in [-0.15, -0.1) is 0 Å². The summed E-state index contributed by atoms with van der Waals surface area (Å²) in [5, 5.41) is 8.83. The summed E-state index contributed by atoms with van der Waals surface area (Å²) in [5.74, 6) is -0.258. The molecule has 0 spiro atoms. The van der Waals surface area contributed by atoms with Crippen molar-refractivity contribution in [3.63, 3.8) is 0 Å². The number of H-pyrrole nitrogens is 1. The lowest BCUT2D eigenvalue weighted by molar-refractivity contribution is -0.114. The minimum atomic E-state index is -0.258. The van der Waals surface area contributed by atoms with Gasteiger partial charge in [0.2, 0.25) is 0 Å². The molecule has 0 saturated heterocycles. The number of anilines is 1. The highest BCUT2D eigenvalue weighted by Crippen LogP contribution is 2.26. The summed E-state index contributed by atoms with van der Waals surface area (Å²) in [6, 6.07) is 15.0. The molecular formula is C22H19BrN4O2. The third kappa shape index (κ3) is 3.49. The van der Waals surface area contributed by atoms with Crippen molar-refractivity contribution in [3.8, 4) is 5.69 Å². The third-order valence-corrected chi connectivity index (χ3v) is 5.36. The highest BCUT2D eigenvalue weighted by atomic mass is 79.9. The molecule has 2 aromatic carbocycles. The lowest BCUT2D eigenvalue weighted by atomic mass is 10.1. The van der Waals surface area contributed by atoms with E-state index < -0.39 is 0 Å². The number of aromatic amines is 1. The van der Waals surface area contributed by atoms with Gasteiger partial charge in [0.05, 0.1) is 28.2 Å². The summed E-state index contributed by atoms with van der Waals surface area (Å²) >= 11 is 3.39. The van der Waals surface area contributed by atoms with Crippen LogP contribution in [0.4, 0.5) is 5.69 Å². The molecule has 2 heterocycles. The Morgan fingerprint density at radius 2 is 1.55 bits per heavy atom. The van der Waals surface area contributed by atoms with E-state index in [0.717, 1.165) is 15.7 Å². The van der Waals surface area contributed by atoms with Crippen molar-refractivity contribution in [2.75, 3.05) is 5.01 Å². The van der Waals surface area contributed by atoms with Crippen molar-refractivity contribution in [3.05, 3.63) is 85.8 Å². The summed E-state index contributed by atoms with van der Waals surface area (Å²) in [6.07, 6.45) is 1.62. The number of nitrogens with zero attached hydrogens (tertiary/aromatic N) is 3. The number of hydrogen-bond acceptors (Lipinski definition) is 3. The number of aryl methyl sites for hydroxylation is 2. The number of hydrazone groups is 1. The summed E-state index contributed by atoms with van der Waals surface area (Å²) in [5.41, 5.74) is 4.43. The van der Waals surface area contributed by atoms with E-state index in [9.17, 15) is 9.59 Å². The van der Waals surface area contributed by atoms with E-state index in [2.05, 4.69) is 26.1 Å². The highest BCUT2D eigenvalue weighted by molar-refractivity contribution is 9.10. The predicted molar refractivity (Wildman–Crippen MR) is 119 cm³/mol. The lowest BCUT2D eigenvalue weighted by Gasteiger charge is -2.11. The Morgan fingerprint density at radius 3 is 2.21 bits per heavy atom.